The Hall–Kier alpha value is -1.91. The van der Waals surface area contributed by atoms with E-state index in [1.54, 1.807) is 14.2 Å². The maximum atomic E-state index is 11.9. The van der Waals surface area contributed by atoms with E-state index in [0.717, 1.165) is 42.3 Å². The Bertz CT molecular complexity index is 1090. The topological polar surface area (TPSA) is 78.6 Å². The van der Waals surface area contributed by atoms with Crippen molar-refractivity contribution < 1.29 is 17.9 Å². The van der Waals surface area contributed by atoms with E-state index < -0.39 is 9.84 Å². The number of aromatic nitrogens is 3. The zero-order chi connectivity index (χ0) is 21.5. The lowest BCUT2D eigenvalue weighted by Gasteiger charge is -2.26. The first kappa shape index (κ1) is 21.3. The molecule has 0 radical (unpaired) electrons. The summed E-state index contributed by atoms with van der Waals surface area (Å²) >= 11 is 5.63. The van der Waals surface area contributed by atoms with E-state index in [2.05, 4.69) is 4.90 Å². The predicted octanol–water partition coefficient (Wildman–Crippen LogP) is 2.66. The number of ether oxygens (including phenoxy) is 2. The van der Waals surface area contributed by atoms with Crippen LogP contribution in [0.15, 0.2) is 18.2 Å². The largest absolute Gasteiger partial charge is 0.497 e. The van der Waals surface area contributed by atoms with E-state index in [-0.39, 0.29) is 23.5 Å². The van der Waals surface area contributed by atoms with Gasteiger partial charge in [-0.05, 0) is 49.7 Å². The van der Waals surface area contributed by atoms with Gasteiger partial charge in [-0.25, -0.2) is 13.1 Å². The van der Waals surface area contributed by atoms with Crippen molar-refractivity contribution in [2.24, 2.45) is 7.05 Å². The van der Waals surface area contributed by atoms with Crippen molar-refractivity contribution in [2.45, 2.75) is 37.9 Å². The number of rotatable bonds is 6. The van der Waals surface area contributed by atoms with Gasteiger partial charge in [0.15, 0.2) is 14.6 Å². The first-order chi connectivity index (χ1) is 14.3. The zero-order valence-electron chi connectivity index (χ0n) is 17.6. The van der Waals surface area contributed by atoms with E-state index in [0.29, 0.717) is 17.9 Å². The molecule has 0 spiro atoms. The van der Waals surface area contributed by atoms with Crippen LogP contribution in [0.4, 0.5) is 0 Å². The average Bonchev–Trinajstić information content (AvgIpc) is 3.41. The highest BCUT2D eigenvalue weighted by Gasteiger charge is 2.34. The number of hydrogen-bond donors (Lipinski definition) is 0. The molecule has 0 bridgehead atoms. The number of sulfone groups is 1. The summed E-state index contributed by atoms with van der Waals surface area (Å²) in [5.74, 6) is 2.69. The molecule has 0 aliphatic carbocycles. The minimum atomic E-state index is -2.98. The summed E-state index contributed by atoms with van der Waals surface area (Å²) in [5.41, 5.74) is 1.10. The van der Waals surface area contributed by atoms with Crippen molar-refractivity contribution >= 4 is 22.1 Å². The van der Waals surface area contributed by atoms with E-state index in [1.165, 1.54) is 0 Å². The van der Waals surface area contributed by atoms with Gasteiger partial charge in [0.2, 0.25) is 0 Å². The number of hydrogen-bond acceptors (Lipinski definition) is 7. The molecule has 0 saturated carbocycles. The normalized spacial score (nSPS) is 23.7. The summed E-state index contributed by atoms with van der Waals surface area (Å²) in [7, 11) is 2.24. The van der Waals surface area contributed by atoms with Gasteiger partial charge in [0, 0.05) is 31.1 Å². The van der Waals surface area contributed by atoms with Crippen molar-refractivity contribution in [2.75, 3.05) is 32.3 Å². The molecule has 2 saturated heterocycles. The van der Waals surface area contributed by atoms with E-state index in [9.17, 15) is 8.42 Å². The molecule has 2 fully saturated rings. The molecule has 2 aliphatic rings. The Morgan fingerprint density at radius 2 is 2.03 bits per heavy atom. The van der Waals surface area contributed by atoms with Crippen LogP contribution in [0.3, 0.4) is 0 Å². The standard InChI is InChI=1S/C20H28N4O4S2/c1-22-19(14-8-10-30(25,26)12-14)21-24(20(22)29)13-23-9-4-5-17(23)16-11-15(27-2)6-7-18(16)28-3/h6-7,11,14,17H,4-5,8-10,12-13H2,1-3H3/t14-,17+/m0/s1. The maximum Gasteiger partial charge on any atom is 0.198 e. The molecule has 2 aliphatic heterocycles. The smallest absolute Gasteiger partial charge is 0.198 e. The Kier molecular flexibility index (Phi) is 5.91. The number of methoxy groups -OCH3 is 2. The van der Waals surface area contributed by atoms with E-state index in [4.69, 9.17) is 26.8 Å². The first-order valence-electron chi connectivity index (χ1n) is 10.1. The lowest BCUT2D eigenvalue weighted by atomic mass is 10.0. The quantitative estimate of drug-likeness (QED) is 0.624. The second-order valence-electron chi connectivity index (χ2n) is 8.02. The molecule has 10 heteroatoms. The molecule has 8 nitrogen and oxygen atoms in total. The number of likely N-dealkylation sites (tertiary alicyclic amines) is 1. The monoisotopic (exact) mass is 452 g/mol. The van der Waals surface area contributed by atoms with Crippen LogP contribution in [0, 0.1) is 4.77 Å². The molecule has 1 aromatic carbocycles. The molecule has 2 aromatic rings. The molecule has 1 aromatic heterocycles. The zero-order valence-corrected chi connectivity index (χ0v) is 19.2. The van der Waals surface area contributed by atoms with Gasteiger partial charge >= 0.3 is 0 Å². The maximum absolute atomic E-state index is 11.9. The highest BCUT2D eigenvalue weighted by atomic mass is 32.2. The van der Waals surface area contributed by atoms with E-state index in [1.807, 2.05) is 34.5 Å². The van der Waals surface area contributed by atoms with Crippen LogP contribution in [0.2, 0.25) is 0 Å². The molecule has 0 amide bonds. The predicted molar refractivity (Wildman–Crippen MR) is 116 cm³/mol. The molecular formula is C20H28N4O4S2. The third-order valence-corrected chi connectivity index (χ3v) is 8.40. The van der Waals surface area contributed by atoms with Crippen LogP contribution in [0.5, 0.6) is 11.5 Å². The van der Waals surface area contributed by atoms with Gasteiger partial charge < -0.3 is 14.0 Å². The third kappa shape index (κ3) is 4.00. The third-order valence-electron chi connectivity index (χ3n) is 6.15. The SMILES string of the molecule is COc1ccc(OC)c([C@H]2CCCN2Cn2nc([C@H]3CCS(=O)(=O)C3)n(C)c2=S)c1. The Balaban J connectivity index is 1.60. The van der Waals surface area contributed by atoms with Crippen LogP contribution >= 0.6 is 12.2 Å². The molecule has 0 N–H and O–H groups in total. The van der Waals surface area contributed by atoms with Gasteiger partial charge in [-0.1, -0.05) is 0 Å². The summed E-state index contributed by atoms with van der Waals surface area (Å²) in [6, 6.07) is 6.05. The molecule has 4 rings (SSSR count). The highest BCUT2D eigenvalue weighted by Crippen LogP contribution is 2.39. The van der Waals surface area contributed by atoms with Gasteiger partial charge in [0.25, 0.3) is 0 Å². The summed E-state index contributed by atoms with van der Waals surface area (Å²) in [6.45, 7) is 1.48. The first-order valence-corrected chi connectivity index (χ1v) is 12.4. The molecule has 164 valence electrons. The molecule has 3 heterocycles. The van der Waals surface area contributed by atoms with Crippen LogP contribution in [-0.4, -0.2) is 59.9 Å². The van der Waals surface area contributed by atoms with Crippen LogP contribution < -0.4 is 9.47 Å². The average molecular weight is 453 g/mol. The van der Waals surface area contributed by atoms with Gasteiger partial charge in [-0.3, -0.25) is 4.90 Å². The fraction of sp³-hybridized carbons (Fsp3) is 0.600. The Morgan fingerprint density at radius 3 is 2.70 bits per heavy atom. The molecule has 30 heavy (non-hydrogen) atoms. The van der Waals surface area contributed by atoms with Gasteiger partial charge in [-0.15, -0.1) is 0 Å². The Morgan fingerprint density at radius 1 is 1.23 bits per heavy atom. The molecule has 2 atom stereocenters. The summed E-state index contributed by atoms with van der Waals surface area (Å²) in [6.07, 6.45) is 2.69. The number of benzene rings is 1. The van der Waals surface area contributed by atoms with Crippen LogP contribution in [-0.2, 0) is 23.6 Å². The summed E-state index contributed by atoms with van der Waals surface area (Å²) in [4.78, 5) is 2.34. The minimum Gasteiger partial charge on any atom is -0.497 e. The van der Waals surface area contributed by atoms with Crippen molar-refractivity contribution in [3.05, 3.63) is 34.4 Å². The molecular weight excluding hydrogens is 424 g/mol. The Labute approximate surface area is 182 Å². The lowest BCUT2D eigenvalue weighted by Crippen LogP contribution is -2.27. The summed E-state index contributed by atoms with van der Waals surface area (Å²) < 4.78 is 39.1. The van der Waals surface area contributed by atoms with Gasteiger partial charge in [-0.2, -0.15) is 5.10 Å². The van der Waals surface area contributed by atoms with Gasteiger partial charge in [0.05, 0.1) is 32.4 Å². The van der Waals surface area contributed by atoms with Crippen molar-refractivity contribution in [1.29, 1.82) is 0 Å². The van der Waals surface area contributed by atoms with Crippen LogP contribution in [0.1, 0.15) is 42.6 Å². The number of nitrogens with zero attached hydrogens (tertiary/aromatic N) is 4. The summed E-state index contributed by atoms with van der Waals surface area (Å²) in [5, 5.41) is 4.74. The van der Waals surface area contributed by atoms with E-state index >= 15 is 0 Å². The van der Waals surface area contributed by atoms with Crippen molar-refractivity contribution in [3.8, 4) is 11.5 Å². The fourth-order valence-corrected chi connectivity index (χ4v) is 6.50. The minimum absolute atomic E-state index is 0.0872. The van der Waals surface area contributed by atoms with Gasteiger partial charge in [0.1, 0.15) is 17.3 Å². The second kappa shape index (κ2) is 8.32. The fourth-order valence-electron chi connectivity index (χ4n) is 4.57. The molecule has 0 unspecified atom stereocenters. The highest BCUT2D eigenvalue weighted by molar-refractivity contribution is 7.91. The lowest BCUT2D eigenvalue weighted by molar-refractivity contribution is 0.186. The second-order valence-corrected chi connectivity index (χ2v) is 10.6. The van der Waals surface area contributed by atoms with Crippen molar-refractivity contribution in [3.63, 3.8) is 0 Å². The van der Waals surface area contributed by atoms with Crippen molar-refractivity contribution in [1.82, 2.24) is 19.2 Å². The van der Waals surface area contributed by atoms with Crippen LogP contribution in [0.25, 0.3) is 0 Å².